The molecule has 1 saturated carbocycles. The van der Waals surface area contributed by atoms with Gasteiger partial charge in [-0.25, -0.2) is 4.99 Å². The van der Waals surface area contributed by atoms with Crippen molar-refractivity contribution in [2.45, 2.75) is 84.8 Å². The third-order valence-corrected chi connectivity index (χ3v) is 5.54. The summed E-state index contributed by atoms with van der Waals surface area (Å²) in [6, 6.07) is 0.472. The molecule has 1 aliphatic carbocycles. The van der Waals surface area contributed by atoms with Gasteiger partial charge in [0.1, 0.15) is 11.6 Å². The Morgan fingerprint density at radius 2 is 1.96 bits per heavy atom. The van der Waals surface area contributed by atoms with Gasteiger partial charge < -0.3 is 19.7 Å². The Balaban J connectivity index is 1.73. The van der Waals surface area contributed by atoms with Crippen LogP contribution in [0.15, 0.2) is 9.52 Å². The van der Waals surface area contributed by atoms with E-state index in [-0.39, 0.29) is 0 Å². The fourth-order valence-corrected chi connectivity index (χ4v) is 3.64. The predicted octanol–water partition coefficient (Wildman–Crippen LogP) is 2.80. The van der Waals surface area contributed by atoms with Gasteiger partial charge in [-0.3, -0.25) is 0 Å². The van der Waals surface area contributed by atoms with E-state index >= 15 is 0 Å². The lowest BCUT2D eigenvalue weighted by atomic mass is 9.96. The topological polar surface area (TPSA) is 93.2 Å². The summed E-state index contributed by atoms with van der Waals surface area (Å²) >= 11 is 0. The van der Waals surface area contributed by atoms with E-state index in [0.717, 1.165) is 47.5 Å². The molecule has 0 spiro atoms. The van der Waals surface area contributed by atoms with Crippen molar-refractivity contribution in [3.05, 3.63) is 28.7 Å². The van der Waals surface area contributed by atoms with Gasteiger partial charge in [0.2, 0.25) is 0 Å². The molecule has 0 saturated heterocycles. The van der Waals surface area contributed by atoms with Crippen LogP contribution in [0.3, 0.4) is 0 Å². The van der Waals surface area contributed by atoms with E-state index in [2.05, 4.69) is 39.8 Å². The first-order valence-electron chi connectivity index (χ1n) is 10.5. The number of nitrogens with zero attached hydrogens (tertiary/aromatic N) is 5. The molecule has 1 aliphatic rings. The normalized spacial score (nSPS) is 15.8. The summed E-state index contributed by atoms with van der Waals surface area (Å²) in [5.41, 5.74) is 2.12. The van der Waals surface area contributed by atoms with Crippen LogP contribution in [0.4, 0.5) is 0 Å². The first kappa shape index (κ1) is 20.4. The van der Waals surface area contributed by atoms with Gasteiger partial charge in [0.05, 0.1) is 18.8 Å². The number of nitrogens with one attached hydrogen (secondary N) is 2. The van der Waals surface area contributed by atoms with Gasteiger partial charge >= 0.3 is 0 Å². The number of guanidine groups is 1. The molecule has 0 amide bonds. The second-order valence-corrected chi connectivity index (χ2v) is 7.46. The van der Waals surface area contributed by atoms with Gasteiger partial charge in [-0.2, -0.15) is 0 Å². The second-order valence-electron chi connectivity index (χ2n) is 7.46. The standard InChI is InChI=1S/C20H33N7O/c1-5-17-16(18(6-2)28-26-17)12-21-20(23-15-10-8-7-9-11-15)22-13-19-25-24-14(3)27(19)4/h15H,5-13H2,1-4H3,(H2,21,22,23). The van der Waals surface area contributed by atoms with Gasteiger partial charge in [0, 0.05) is 25.1 Å². The summed E-state index contributed by atoms with van der Waals surface area (Å²) in [4.78, 5) is 4.87. The highest BCUT2D eigenvalue weighted by Crippen LogP contribution is 2.18. The maximum atomic E-state index is 5.48. The Morgan fingerprint density at radius 3 is 2.61 bits per heavy atom. The van der Waals surface area contributed by atoms with E-state index in [1.165, 1.54) is 32.1 Å². The Bertz CT molecular complexity index is 765. The summed E-state index contributed by atoms with van der Waals surface area (Å²) in [6.45, 7) is 7.29. The van der Waals surface area contributed by atoms with Crippen LogP contribution in [0, 0.1) is 6.92 Å². The molecule has 2 heterocycles. The van der Waals surface area contributed by atoms with Crippen molar-refractivity contribution in [3.63, 3.8) is 0 Å². The molecule has 3 rings (SSSR count). The van der Waals surface area contributed by atoms with Crippen LogP contribution in [0.25, 0.3) is 0 Å². The number of rotatable bonds is 7. The van der Waals surface area contributed by atoms with Crippen molar-refractivity contribution in [2.24, 2.45) is 12.0 Å². The quantitative estimate of drug-likeness (QED) is 0.560. The third-order valence-electron chi connectivity index (χ3n) is 5.54. The fraction of sp³-hybridized carbons (Fsp3) is 0.700. The predicted molar refractivity (Wildman–Crippen MR) is 109 cm³/mol. The molecule has 2 N–H and O–H groups in total. The minimum Gasteiger partial charge on any atom is -0.361 e. The molecule has 0 unspecified atom stereocenters. The Hall–Kier alpha value is -2.38. The van der Waals surface area contributed by atoms with Gasteiger partial charge in [-0.15, -0.1) is 10.2 Å². The summed E-state index contributed by atoms with van der Waals surface area (Å²) in [5, 5.41) is 19.6. The molecule has 1 fully saturated rings. The van der Waals surface area contributed by atoms with Gasteiger partial charge in [-0.1, -0.05) is 38.3 Å². The average Bonchev–Trinajstić information content (AvgIpc) is 3.27. The summed E-state index contributed by atoms with van der Waals surface area (Å²) in [6.07, 6.45) is 7.95. The van der Waals surface area contributed by atoms with Crippen LogP contribution in [0.2, 0.25) is 0 Å². The third kappa shape index (κ3) is 4.91. The van der Waals surface area contributed by atoms with Crippen molar-refractivity contribution in [2.75, 3.05) is 0 Å². The van der Waals surface area contributed by atoms with Crippen molar-refractivity contribution >= 4 is 5.96 Å². The first-order valence-corrected chi connectivity index (χ1v) is 10.5. The first-order chi connectivity index (χ1) is 13.6. The zero-order valence-corrected chi connectivity index (χ0v) is 17.6. The largest absolute Gasteiger partial charge is 0.361 e. The highest BCUT2D eigenvalue weighted by atomic mass is 16.5. The Kier molecular flexibility index (Phi) is 7.06. The van der Waals surface area contributed by atoms with E-state index < -0.39 is 0 Å². The maximum Gasteiger partial charge on any atom is 0.192 e. The lowest BCUT2D eigenvalue weighted by molar-refractivity contribution is 0.380. The van der Waals surface area contributed by atoms with Crippen LogP contribution >= 0.6 is 0 Å². The zero-order valence-electron chi connectivity index (χ0n) is 17.6. The van der Waals surface area contributed by atoms with Crippen molar-refractivity contribution in [1.82, 2.24) is 30.6 Å². The molecular formula is C20H33N7O. The summed E-state index contributed by atoms with van der Waals surface area (Å²) < 4.78 is 7.48. The number of hydrogen-bond donors (Lipinski definition) is 2. The highest BCUT2D eigenvalue weighted by molar-refractivity contribution is 5.80. The van der Waals surface area contributed by atoms with Gasteiger partial charge in [0.15, 0.2) is 11.8 Å². The van der Waals surface area contributed by atoms with Gasteiger partial charge in [-0.05, 0) is 26.2 Å². The molecule has 2 aromatic rings. The molecule has 0 aliphatic heterocycles. The molecule has 28 heavy (non-hydrogen) atoms. The fourth-order valence-electron chi connectivity index (χ4n) is 3.64. The lowest BCUT2D eigenvalue weighted by Gasteiger charge is -2.25. The van der Waals surface area contributed by atoms with Crippen LogP contribution in [0.5, 0.6) is 0 Å². The zero-order chi connectivity index (χ0) is 19.9. The second kappa shape index (κ2) is 9.71. The van der Waals surface area contributed by atoms with Crippen LogP contribution < -0.4 is 10.6 Å². The van der Waals surface area contributed by atoms with E-state index in [1.54, 1.807) is 0 Å². The molecular weight excluding hydrogens is 354 g/mol. The molecule has 154 valence electrons. The van der Waals surface area contributed by atoms with Gasteiger partial charge in [0.25, 0.3) is 0 Å². The van der Waals surface area contributed by atoms with Crippen LogP contribution in [-0.4, -0.2) is 31.9 Å². The van der Waals surface area contributed by atoms with E-state index in [1.807, 2.05) is 18.5 Å². The summed E-state index contributed by atoms with van der Waals surface area (Å²) in [7, 11) is 1.98. The molecule has 8 heteroatoms. The molecule has 8 nitrogen and oxygen atoms in total. The van der Waals surface area contributed by atoms with Crippen molar-refractivity contribution in [3.8, 4) is 0 Å². The number of aryl methyl sites for hydroxylation is 3. The minimum absolute atomic E-state index is 0.472. The average molecular weight is 388 g/mol. The Morgan fingerprint density at radius 1 is 1.18 bits per heavy atom. The maximum absolute atomic E-state index is 5.48. The monoisotopic (exact) mass is 387 g/mol. The lowest BCUT2D eigenvalue weighted by Crippen LogP contribution is -2.44. The number of aromatic nitrogens is 4. The van der Waals surface area contributed by atoms with Crippen molar-refractivity contribution in [1.29, 1.82) is 0 Å². The Labute approximate surface area is 167 Å². The number of hydrogen-bond acceptors (Lipinski definition) is 5. The van der Waals surface area contributed by atoms with E-state index in [0.29, 0.717) is 19.1 Å². The van der Waals surface area contributed by atoms with Crippen molar-refractivity contribution < 1.29 is 4.52 Å². The molecule has 2 aromatic heterocycles. The molecule has 0 atom stereocenters. The van der Waals surface area contributed by atoms with Crippen LogP contribution in [0.1, 0.15) is 74.6 Å². The van der Waals surface area contributed by atoms with Crippen LogP contribution in [-0.2, 0) is 33.0 Å². The van der Waals surface area contributed by atoms with E-state index in [9.17, 15) is 0 Å². The minimum atomic E-state index is 0.472. The molecule has 0 aromatic carbocycles. The smallest absolute Gasteiger partial charge is 0.192 e. The number of aliphatic imine (C=N–C) groups is 1. The molecule has 0 bridgehead atoms. The SMILES string of the molecule is CCc1noc(CC)c1CN=C(NCc1nnc(C)n1C)NC1CCCCC1. The molecule has 0 radical (unpaired) electrons. The summed E-state index contributed by atoms with van der Waals surface area (Å²) in [5.74, 6) is 3.55. The highest BCUT2D eigenvalue weighted by Gasteiger charge is 2.17. The van der Waals surface area contributed by atoms with E-state index in [4.69, 9.17) is 9.52 Å².